The van der Waals surface area contributed by atoms with Gasteiger partial charge in [-0.3, -0.25) is 9.59 Å². The number of rotatable bonds is 4. The Morgan fingerprint density at radius 3 is 2.78 bits per heavy atom. The first-order chi connectivity index (χ1) is 13.1. The van der Waals surface area contributed by atoms with E-state index >= 15 is 0 Å². The van der Waals surface area contributed by atoms with Gasteiger partial charge in [0.25, 0.3) is 5.91 Å². The number of aliphatic carboxylic acids is 1. The molecule has 0 atom stereocenters. The molecule has 0 spiro atoms. The molecule has 3 aromatic rings. The van der Waals surface area contributed by atoms with Gasteiger partial charge in [-0.25, -0.2) is 9.50 Å². The Hall–Kier alpha value is -3.40. The van der Waals surface area contributed by atoms with Crippen molar-refractivity contribution in [2.45, 2.75) is 0 Å². The summed E-state index contributed by atoms with van der Waals surface area (Å²) in [5.74, 6) is -2.21. The Morgan fingerprint density at radius 1 is 1.26 bits per heavy atom. The van der Waals surface area contributed by atoms with E-state index in [0.29, 0.717) is 42.7 Å². The van der Waals surface area contributed by atoms with Gasteiger partial charge >= 0.3 is 5.97 Å². The lowest BCUT2D eigenvalue weighted by Gasteiger charge is -2.30. The van der Waals surface area contributed by atoms with Crippen molar-refractivity contribution in [3.63, 3.8) is 0 Å². The number of carboxylic acids is 1. The zero-order chi connectivity index (χ0) is 19.0. The highest BCUT2D eigenvalue weighted by Crippen LogP contribution is 2.37. The monoisotopic (exact) mass is 371 g/mol. The van der Waals surface area contributed by atoms with Crippen molar-refractivity contribution in [1.82, 2.24) is 19.9 Å². The van der Waals surface area contributed by atoms with Gasteiger partial charge in [0.1, 0.15) is 12.9 Å². The van der Waals surface area contributed by atoms with Crippen LogP contribution in [0, 0.1) is 0 Å². The summed E-state index contributed by atoms with van der Waals surface area (Å²) in [5, 5.41) is 27.0. The second-order valence-corrected chi connectivity index (χ2v) is 6.07. The smallest absolute Gasteiger partial charge is 0.322 e. The summed E-state index contributed by atoms with van der Waals surface area (Å²) in [4.78, 5) is 29.6. The fraction of sp³-hybridized carbons (Fsp3) is 0.294. The number of amides is 1. The summed E-state index contributed by atoms with van der Waals surface area (Å²) < 4.78 is 6.64. The van der Waals surface area contributed by atoms with Gasteiger partial charge in [-0.2, -0.15) is 5.10 Å². The number of carboxylic acid groups (broad SMARTS) is 1. The van der Waals surface area contributed by atoms with Crippen molar-refractivity contribution in [2.75, 3.05) is 37.7 Å². The Kier molecular flexibility index (Phi) is 4.24. The number of anilines is 1. The lowest BCUT2D eigenvalue weighted by atomic mass is 10.1. The number of pyridine rings is 1. The molecule has 2 aromatic heterocycles. The maximum atomic E-state index is 12.5. The summed E-state index contributed by atoms with van der Waals surface area (Å²) >= 11 is 0. The van der Waals surface area contributed by atoms with E-state index < -0.39 is 18.4 Å². The van der Waals surface area contributed by atoms with Crippen molar-refractivity contribution in [3.05, 3.63) is 30.2 Å². The zero-order valence-electron chi connectivity index (χ0n) is 14.3. The maximum Gasteiger partial charge on any atom is 0.322 e. The van der Waals surface area contributed by atoms with Gasteiger partial charge in [-0.05, 0) is 6.07 Å². The Bertz CT molecular complexity index is 1040. The van der Waals surface area contributed by atoms with Crippen LogP contribution in [0.25, 0.3) is 16.4 Å². The number of carbonyl (C=O) groups excluding carboxylic acids is 1. The van der Waals surface area contributed by atoms with Crippen LogP contribution in [-0.2, 0) is 9.53 Å². The molecule has 3 heterocycles. The van der Waals surface area contributed by atoms with E-state index in [-0.39, 0.29) is 11.4 Å². The number of hydrogen-bond donors (Lipinski definition) is 3. The van der Waals surface area contributed by atoms with Gasteiger partial charge in [0.05, 0.1) is 18.6 Å². The Morgan fingerprint density at radius 2 is 2.04 bits per heavy atom. The van der Waals surface area contributed by atoms with Crippen LogP contribution in [0.15, 0.2) is 24.5 Å². The van der Waals surface area contributed by atoms with Crippen LogP contribution in [0.1, 0.15) is 10.5 Å². The van der Waals surface area contributed by atoms with Gasteiger partial charge in [-0.15, -0.1) is 0 Å². The largest absolute Gasteiger partial charge is 0.505 e. The predicted octanol–water partition coefficient (Wildman–Crippen LogP) is 0.239. The number of ether oxygens (including phenoxy) is 1. The van der Waals surface area contributed by atoms with E-state index in [1.165, 1.54) is 10.8 Å². The van der Waals surface area contributed by atoms with Gasteiger partial charge in [0.15, 0.2) is 17.1 Å². The highest BCUT2D eigenvalue weighted by Gasteiger charge is 2.25. The predicted molar refractivity (Wildman–Crippen MR) is 95.2 cm³/mol. The Balaban J connectivity index is 1.92. The van der Waals surface area contributed by atoms with Gasteiger partial charge in [0, 0.05) is 24.2 Å². The maximum absolute atomic E-state index is 12.5. The number of fused-ring (bicyclic) bond motifs is 3. The van der Waals surface area contributed by atoms with Gasteiger partial charge in [-0.1, -0.05) is 12.1 Å². The molecular formula is C17H17N5O5. The molecule has 4 rings (SSSR count). The van der Waals surface area contributed by atoms with Crippen LogP contribution < -0.4 is 10.2 Å². The second kappa shape index (κ2) is 6.72. The molecule has 1 amide bonds. The molecule has 0 aliphatic carbocycles. The third-order valence-electron chi connectivity index (χ3n) is 4.47. The molecular weight excluding hydrogens is 354 g/mol. The highest BCUT2D eigenvalue weighted by atomic mass is 16.5. The van der Waals surface area contributed by atoms with E-state index in [1.807, 2.05) is 6.07 Å². The first-order valence-electron chi connectivity index (χ1n) is 8.38. The quantitative estimate of drug-likeness (QED) is 0.595. The molecule has 1 fully saturated rings. The van der Waals surface area contributed by atoms with E-state index in [1.54, 1.807) is 12.1 Å². The van der Waals surface area contributed by atoms with Crippen LogP contribution in [0.4, 0.5) is 5.69 Å². The first-order valence-corrected chi connectivity index (χ1v) is 8.38. The zero-order valence-corrected chi connectivity index (χ0v) is 14.3. The number of carbonyl (C=O) groups is 2. The number of aromatic hydroxyl groups is 1. The van der Waals surface area contributed by atoms with Crippen molar-refractivity contribution in [2.24, 2.45) is 0 Å². The van der Waals surface area contributed by atoms with E-state index in [9.17, 15) is 14.7 Å². The average Bonchev–Trinajstić information content (AvgIpc) is 3.16. The van der Waals surface area contributed by atoms with Crippen molar-refractivity contribution < 1.29 is 24.5 Å². The molecule has 1 aromatic carbocycles. The number of nitrogens with zero attached hydrogens (tertiary/aromatic N) is 4. The van der Waals surface area contributed by atoms with Crippen molar-refractivity contribution in [3.8, 4) is 5.75 Å². The Labute approximate surface area is 153 Å². The summed E-state index contributed by atoms with van der Waals surface area (Å²) in [5.41, 5.74) is 1.11. The molecule has 1 aliphatic rings. The van der Waals surface area contributed by atoms with Crippen molar-refractivity contribution in [1.29, 1.82) is 0 Å². The average molecular weight is 371 g/mol. The van der Waals surface area contributed by atoms with Crippen molar-refractivity contribution >= 4 is 34.0 Å². The van der Waals surface area contributed by atoms with Crippen LogP contribution in [-0.4, -0.2) is 69.5 Å². The lowest BCUT2D eigenvalue weighted by Crippen LogP contribution is -2.36. The fourth-order valence-electron chi connectivity index (χ4n) is 3.29. The summed E-state index contributed by atoms with van der Waals surface area (Å²) in [6.45, 7) is 2.02. The summed E-state index contributed by atoms with van der Waals surface area (Å²) in [6.07, 6.45) is 1.29. The SMILES string of the molecule is O=C(O)CNC(=O)c1c(O)c2cccc(N3CCOCC3)c2c2ncnn12. The first kappa shape index (κ1) is 17.0. The second-order valence-electron chi connectivity index (χ2n) is 6.07. The molecule has 0 unspecified atom stereocenters. The molecule has 10 heteroatoms. The molecule has 0 bridgehead atoms. The summed E-state index contributed by atoms with van der Waals surface area (Å²) in [6, 6.07) is 5.40. The molecule has 3 N–H and O–H groups in total. The third-order valence-corrected chi connectivity index (χ3v) is 4.47. The normalized spacial score (nSPS) is 14.6. The fourth-order valence-corrected chi connectivity index (χ4v) is 3.29. The van der Waals surface area contributed by atoms with E-state index in [0.717, 1.165) is 5.69 Å². The number of morpholine rings is 1. The van der Waals surface area contributed by atoms with Gasteiger partial charge < -0.3 is 25.2 Å². The summed E-state index contributed by atoms with van der Waals surface area (Å²) in [7, 11) is 0. The molecule has 140 valence electrons. The third kappa shape index (κ3) is 2.89. The minimum Gasteiger partial charge on any atom is -0.505 e. The number of aromatic nitrogens is 3. The van der Waals surface area contributed by atoms with Crippen LogP contribution in [0.2, 0.25) is 0 Å². The molecule has 10 nitrogen and oxygen atoms in total. The number of hydrogen-bond acceptors (Lipinski definition) is 7. The minimum atomic E-state index is -1.19. The molecule has 27 heavy (non-hydrogen) atoms. The number of benzene rings is 1. The van der Waals surface area contributed by atoms with Crippen LogP contribution in [0.3, 0.4) is 0 Å². The van der Waals surface area contributed by atoms with Crippen LogP contribution >= 0.6 is 0 Å². The molecule has 1 saturated heterocycles. The molecule has 1 aliphatic heterocycles. The lowest BCUT2D eigenvalue weighted by molar-refractivity contribution is -0.135. The molecule has 0 saturated carbocycles. The standard InChI is InChI=1S/C17H17N5O5/c23-12(24)8-18-17(26)14-15(25)10-2-1-3-11(21-4-6-27-7-5-21)13(10)16-19-9-20-22(14)16/h1-3,9,25H,4-8H2,(H,18,26)(H,23,24). The topological polar surface area (TPSA) is 129 Å². The van der Waals surface area contributed by atoms with E-state index in [2.05, 4.69) is 20.3 Å². The number of nitrogens with one attached hydrogen (secondary N) is 1. The minimum absolute atomic E-state index is 0.157. The van der Waals surface area contributed by atoms with Crippen LogP contribution in [0.5, 0.6) is 5.75 Å². The van der Waals surface area contributed by atoms with Gasteiger partial charge in [0.2, 0.25) is 0 Å². The van der Waals surface area contributed by atoms with E-state index in [4.69, 9.17) is 9.84 Å². The highest BCUT2D eigenvalue weighted by molar-refractivity contribution is 6.11. The molecule has 0 radical (unpaired) electrons.